The Bertz CT molecular complexity index is 621. The van der Waals surface area contributed by atoms with E-state index < -0.39 is 0 Å². The highest BCUT2D eigenvalue weighted by Crippen LogP contribution is 2.27. The minimum atomic E-state index is 0. The average Bonchev–Trinajstić information content (AvgIpc) is 2.74. The van der Waals surface area contributed by atoms with Crippen molar-refractivity contribution in [2.75, 3.05) is 67.1 Å². The number of ether oxygens (including phenoxy) is 2. The third-order valence-electron chi connectivity index (χ3n) is 5.23. The lowest BCUT2D eigenvalue weighted by atomic mass is 10.1. The molecule has 0 radical (unpaired) electrons. The van der Waals surface area contributed by atoms with Crippen molar-refractivity contribution in [2.24, 2.45) is 10.9 Å². The molecule has 1 saturated heterocycles. The first-order valence-electron chi connectivity index (χ1n) is 10.2. The van der Waals surface area contributed by atoms with E-state index in [-0.39, 0.29) is 24.0 Å². The molecule has 1 fully saturated rings. The van der Waals surface area contributed by atoms with E-state index in [1.807, 2.05) is 18.2 Å². The Morgan fingerprint density at radius 2 is 1.72 bits per heavy atom. The maximum absolute atomic E-state index is 5.37. The first kappa shape index (κ1) is 25.8. The molecule has 0 spiro atoms. The molecule has 1 atom stereocenters. The minimum absolute atomic E-state index is 0. The van der Waals surface area contributed by atoms with E-state index in [4.69, 9.17) is 9.47 Å². The largest absolute Gasteiger partial charge is 0.493 e. The summed E-state index contributed by atoms with van der Waals surface area (Å²) in [5.74, 6) is 2.86. The van der Waals surface area contributed by atoms with Gasteiger partial charge in [-0.15, -0.1) is 24.0 Å². The SMILES string of the molecule is CCN1CCN(CC(C)CNC(=NC)NCc2ccc(OC)c(OC)c2)CC1.I. The third-order valence-corrected chi connectivity index (χ3v) is 5.23. The Balaban J connectivity index is 0.00000420. The van der Waals surface area contributed by atoms with Gasteiger partial charge in [0, 0.05) is 52.9 Å². The molecule has 0 saturated carbocycles. The van der Waals surface area contributed by atoms with Crippen LogP contribution in [0.3, 0.4) is 0 Å². The molecule has 1 aliphatic rings. The highest BCUT2D eigenvalue weighted by molar-refractivity contribution is 14.0. The standard InChI is InChI=1S/C21H37N5O2.HI/c1-6-25-9-11-26(12-10-25)16-17(2)14-23-21(22-3)24-15-18-7-8-19(27-4)20(13-18)28-5;/h7-8,13,17H,6,9-12,14-16H2,1-5H3,(H2,22,23,24);1H. The summed E-state index contributed by atoms with van der Waals surface area (Å²) >= 11 is 0. The van der Waals surface area contributed by atoms with Crippen molar-refractivity contribution in [2.45, 2.75) is 20.4 Å². The number of guanidine groups is 1. The maximum Gasteiger partial charge on any atom is 0.191 e. The van der Waals surface area contributed by atoms with Crippen molar-refractivity contribution in [1.82, 2.24) is 20.4 Å². The minimum Gasteiger partial charge on any atom is -0.493 e. The summed E-state index contributed by atoms with van der Waals surface area (Å²) in [5, 5.41) is 6.82. The summed E-state index contributed by atoms with van der Waals surface area (Å²) in [6.45, 7) is 13.1. The fraction of sp³-hybridized carbons (Fsp3) is 0.667. The molecule has 0 amide bonds. The Kier molecular flexibility index (Phi) is 12.3. The molecular formula is C21H38IN5O2. The van der Waals surface area contributed by atoms with Crippen LogP contribution in [-0.4, -0.2) is 82.8 Å². The number of rotatable bonds is 9. The number of nitrogens with one attached hydrogen (secondary N) is 2. The maximum atomic E-state index is 5.37. The van der Waals surface area contributed by atoms with E-state index >= 15 is 0 Å². The van der Waals surface area contributed by atoms with Crippen LogP contribution in [0.4, 0.5) is 0 Å². The fourth-order valence-corrected chi connectivity index (χ4v) is 3.46. The molecule has 29 heavy (non-hydrogen) atoms. The molecule has 1 aliphatic heterocycles. The van der Waals surface area contributed by atoms with Gasteiger partial charge in [0.05, 0.1) is 14.2 Å². The van der Waals surface area contributed by atoms with Gasteiger partial charge in [-0.25, -0.2) is 0 Å². The van der Waals surface area contributed by atoms with Crippen molar-refractivity contribution in [3.63, 3.8) is 0 Å². The molecule has 2 rings (SSSR count). The first-order valence-corrected chi connectivity index (χ1v) is 10.2. The van der Waals surface area contributed by atoms with Gasteiger partial charge < -0.3 is 29.9 Å². The molecule has 0 bridgehead atoms. The fourth-order valence-electron chi connectivity index (χ4n) is 3.46. The molecule has 1 heterocycles. The molecule has 1 unspecified atom stereocenters. The summed E-state index contributed by atoms with van der Waals surface area (Å²) in [7, 11) is 5.10. The number of hydrogen-bond donors (Lipinski definition) is 2. The third kappa shape index (κ3) is 8.55. The molecule has 0 aliphatic carbocycles. The van der Waals surface area contributed by atoms with Crippen LogP contribution in [-0.2, 0) is 6.54 Å². The molecule has 166 valence electrons. The van der Waals surface area contributed by atoms with Crippen molar-refractivity contribution >= 4 is 29.9 Å². The van der Waals surface area contributed by atoms with Crippen LogP contribution in [0.5, 0.6) is 11.5 Å². The summed E-state index contributed by atoms with van der Waals surface area (Å²) in [4.78, 5) is 9.42. The second-order valence-corrected chi connectivity index (χ2v) is 7.34. The van der Waals surface area contributed by atoms with Crippen LogP contribution in [0.25, 0.3) is 0 Å². The van der Waals surface area contributed by atoms with Gasteiger partial charge in [-0.05, 0) is 30.2 Å². The number of halogens is 1. The molecule has 0 aromatic heterocycles. The van der Waals surface area contributed by atoms with Crippen LogP contribution < -0.4 is 20.1 Å². The van der Waals surface area contributed by atoms with Gasteiger partial charge in [0.25, 0.3) is 0 Å². The second kappa shape index (κ2) is 13.9. The van der Waals surface area contributed by atoms with E-state index in [2.05, 4.69) is 39.3 Å². The van der Waals surface area contributed by atoms with E-state index in [1.165, 1.54) is 26.2 Å². The number of hydrogen-bond acceptors (Lipinski definition) is 5. The number of benzene rings is 1. The van der Waals surface area contributed by atoms with E-state index in [1.54, 1.807) is 21.3 Å². The Morgan fingerprint density at radius 1 is 1.07 bits per heavy atom. The Hall–Kier alpha value is -1.26. The van der Waals surface area contributed by atoms with Crippen LogP contribution in [0, 0.1) is 5.92 Å². The summed E-state index contributed by atoms with van der Waals surface area (Å²) in [5.41, 5.74) is 1.11. The molecule has 7 nitrogen and oxygen atoms in total. The van der Waals surface area contributed by atoms with Gasteiger partial charge in [-0.3, -0.25) is 4.99 Å². The average molecular weight is 519 g/mol. The summed E-state index contributed by atoms with van der Waals surface area (Å²) < 4.78 is 10.7. The van der Waals surface area contributed by atoms with Gasteiger partial charge in [0.2, 0.25) is 0 Å². The van der Waals surface area contributed by atoms with Crippen LogP contribution >= 0.6 is 24.0 Å². The highest BCUT2D eigenvalue weighted by atomic mass is 127. The zero-order valence-electron chi connectivity index (χ0n) is 18.5. The van der Waals surface area contributed by atoms with Gasteiger partial charge in [-0.2, -0.15) is 0 Å². The number of piperazine rings is 1. The van der Waals surface area contributed by atoms with E-state index in [9.17, 15) is 0 Å². The monoisotopic (exact) mass is 519 g/mol. The van der Waals surface area contributed by atoms with Crippen LogP contribution in [0.1, 0.15) is 19.4 Å². The lowest BCUT2D eigenvalue weighted by Crippen LogP contribution is -2.48. The van der Waals surface area contributed by atoms with Crippen molar-refractivity contribution in [3.8, 4) is 11.5 Å². The van der Waals surface area contributed by atoms with Crippen molar-refractivity contribution < 1.29 is 9.47 Å². The predicted molar refractivity (Wildman–Crippen MR) is 131 cm³/mol. The van der Waals surface area contributed by atoms with Gasteiger partial charge in [0.15, 0.2) is 17.5 Å². The van der Waals surface area contributed by atoms with Gasteiger partial charge in [-0.1, -0.05) is 19.9 Å². The normalized spacial score (nSPS) is 16.7. The molecule has 8 heteroatoms. The van der Waals surface area contributed by atoms with Gasteiger partial charge >= 0.3 is 0 Å². The van der Waals surface area contributed by atoms with Crippen LogP contribution in [0.15, 0.2) is 23.2 Å². The second-order valence-electron chi connectivity index (χ2n) is 7.34. The van der Waals surface area contributed by atoms with Gasteiger partial charge in [0.1, 0.15) is 0 Å². The highest BCUT2D eigenvalue weighted by Gasteiger charge is 2.17. The van der Waals surface area contributed by atoms with Crippen molar-refractivity contribution in [1.29, 1.82) is 0 Å². The topological polar surface area (TPSA) is 61.4 Å². The zero-order valence-corrected chi connectivity index (χ0v) is 20.9. The zero-order chi connectivity index (χ0) is 20.4. The number of nitrogens with zero attached hydrogens (tertiary/aromatic N) is 3. The Morgan fingerprint density at radius 3 is 2.31 bits per heavy atom. The lowest BCUT2D eigenvalue weighted by Gasteiger charge is -2.35. The quantitative estimate of drug-likeness (QED) is 0.297. The first-order chi connectivity index (χ1) is 13.6. The smallest absolute Gasteiger partial charge is 0.191 e. The number of methoxy groups -OCH3 is 2. The Labute approximate surface area is 193 Å². The summed E-state index contributed by atoms with van der Waals surface area (Å²) in [6.07, 6.45) is 0. The van der Waals surface area contributed by atoms with E-state index in [0.717, 1.165) is 42.7 Å². The number of likely N-dealkylation sites (N-methyl/N-ethyl adjacent to an activating group) is 1. The predicted octanol–water partition coefficient (Wildman–Crippen LogP) is 2.26. The lowest BCUT2D eigenvalue weighted by molar-refractivity contribution is 0.124. The summed E-state index contributed by atoms with van der Waals surface area (Å²) in [6, 6.07) is 5.93. The molecular weight excluding hydrogens is 481 g/mol. The molecule has 1 aromatic rings. The number of aliphatic imine (C=N–C) groups is 1. The van der Waals surface area contributed by atoms with E-state index in [0.29, 0.717) is 12.5 Å². The molecule has 2 N–H and O–H groups in total. The van der Waals surface area contributed by atoms with Crippen molar-refractivity contribution in [3.05, 3.63) is 23.8 Å². The van der Waals surface area contributed by atoms with Crippen LogP contribution in [0.2, 0.25) is 0 Å². The molecule has 1 aromatic carbocycles.